The van der Waals surface area contributed by atoms with Crippen molar-refractivity contribution in [2.75, 3.05) is 12.4 Å². The van der Waals surface area contributed by atoms with Crippen molar-refractivity contribution in [3.05, 3.63) is 29.6 Å². The van der Waals surface area contributed by atoms with Crippen molar-refractivity contribution in [2.24, 2.45) is 5.92 Å². The molecule has 1 aliphatic rings. The fraction of sp³-hybridized carbons (Fsp3) is 0.467. The summed E-state index contributed by atoms with van der Waals surface area (Å²) in [7, 11) is 1.52. The fourth-order valence-electron chi connectivity index (χ4n) is 2.58. The normalized spacial score (nSPS) is 19.3. The van der Waals surface area contributed by atoms with Crippen molar-refractivity contribution in [1.82, 2.24) is 10.2 Å². The molecular weight excluding hydrogens is 273 g/mol. The van der Waals surface area contributed by atoms with Gasteiger partial charge in [0.1, 0.15) is 11.9 Å². The van der Waals surface area contributed by atoms with E-state index in [0.29, 0.717) is 11.3 Å². The van der Waals surface area contributed by atoms with Crippen LogP contribution in [-0.2, 0) is 11.3 Å². The molecule has 2 unspecified atom stereocenters. The summed E-state index contributed by atoms with van der Waals surface area (Å²) >= 11 is 0. The molecule has 1 aromatic rings. The monoisotopic (exact) mass is 293 g/mol. The number of nitrogens with zero attached hydrogens (tertiary/aromatic N) is 1. The lowest BCUT2D eigenvalue weighted by molar-refractivity contribution is -0.121. The van der Waals surface area contributed by atoms with Gasteiger partial charge in [0.15, 0.2) is 0 Å². The highest BCUT2D eigenvalue weighted by molar-refractivity contribution is 5.98. The molecule has 0 radical (unpaired) electrons. The Morgan fingerprint density at radius 2 is 2.29 bits per heavy atom. The van der Waals surface area contributed by atoms with Crippen molar-refractivity contribution < 1.29 is 14.0 Å². The van der Waals surface area contributed by atoms with Gasteiger partial charge in [-0.1, -0.05) is 20.3 Å². The van der Waals surface area contributed by atoms with Crippen LogP contribution in [0.5, 0.6) is 0 Å². The van der Waals surface area contributed by atoms with E-state index in [1.165, 1.54) is 30.1 Å². The Hall–Kier alpha value is -2.11. The number of hydrogen-bond donors (Lipinski definition) is 2. The molecule has 1 aromatic carbocycles. The number of rotatable bonds is 2. The zero-order chi connectivity index (χ0) is 15.6. The quantitative estimate of drug-likeness (QED) is 0.879. The average Bonchev–Trinajstić information content (AvgIpc) is 2.61. The van der Waals surface area contributed by atoms with Crippen LogP contribution in [0.3, 0.4) is 0 Å². The molecule has 0 fully saturated rings. The van der Waals surface area contributed by atoms with Crippen LogP contribution in [0.2, 0.25) is 0 Å². The second-order valence-electron chi connectivity index (χ2n) is 5.30. The lowest BCUT2D eigenvalue weighted by Gasteiger charge is -2.31. The van der Waals surface area contributed by atoms with E-state index in [1.54, 1.807) is 0 Å². The van der Waals surface area contributed by atoms with Crippen LogP contribution in [-0.4, -0.2) is 29.9 Å². The molecule has 0 aliphatic carbocycles. The number of amides is 3. The summed E-state index contributed by atoms with van der Waals surface area (Å²) < 4.78 is 13.4. The predicted molar refractivity (Wildman–Crippen MR) is 78.3 cm³/mol. The Labute approximate surface area is 123 Å². The van der Waals surface area contributed by atoms with E-state index < -0.39 is 6.04 Å². The third kappa shape index (κ3) is 2.99. The topological polar surface area (TPSA) is 61.4 Å². The Bertz CT molecular complexity index is 562. The molecule has 2 N–H and O–H groups in total. The van der Waals surface area contributed by atoms with Gasteiger partial charge in [0.2, 0.25) is 5.91 Å². The largest absolute Gasteiger partial charge is 0.341 e. The van der Waals surface area contributed by atoms with Gasteiger partial charge >= 0.3 is 6.03 Å². The van der Waals surface area contributed by atoms with Gasteiger partial charge in [-0.25, -0.2) is 9.18 Å². The molecule has 21 heavy (non-hydrogen) atoms. The lowest BCUT2D eigenvalue weighted by atomic mass is 9.97. The van der Waals surface area contributed by atoms with Gasteiger partial charge in [-0.15, -0.1) is 0 Å². The molecule has 0 saturated carbocycles. The fourth-order valence-corrected chi connectivity index (χ4v) is 2.58. The standard InChI is InChI=1S/C15H20FN3O2/c1-4-9(2)13-14(20)18-12-6-5-11(16)7-10(12)8-19(13)15(21)17-3/h5-7,9,13H,4,8H2,1-3H3,(H,17,21)(H,18,20). The molecule has 0 spiro atoms. The molecule has 3 amide bonds. The summed E-state index contributed by atoms with van der Waals surface area (Å²) in [4.78, 5) is 26.1. The summed E-state index contributed by atoms with van der Waals surface area (Å²) in [5.74, 6) is -0.624. The summed E-state index contributed by atoms with van der Waals surface area (Å²) in [6.07, 6.45) is 0.760. The third-order valence-corrected chi connectivity index (χ3v) is 3.93. The van der Waals surface area contributed by atoms with E-state index in [1.807, 2.05) is 13.8 Å². The second-order valence-corrected chi connectivity index (χ2v) is 5.30. The van der Waals surface area contributed by atoms with Crippen LogP contribution < -0.4 is 10.6 Å². The third-order valence-electron chi connectivity index (χ3n) is 3.93. The van der Waals surface area contributed by atoms with Gasteiger partial charge in [-0.2, -0.15) is 0 Å². The summed E-state index contributed by atoms with van der Waals surface area (Å²) in [5.41, 5.74) is 1.15. The molecule has 5 nitrogen and oxygen atoms in total. The van der Waals surface area contributed by atoms with Gasteiger partial charge < -0.3 is 15.5 Å². The first kappa shape index (κ1) is 15.3. The number of urea groups is 1. The molecule has 6 heteroatoms. The van der Waals surface area contributed by atoms with E-state index in [0.717, 1.165) is 6.42 Å². The number of halogens is 1. The zero-order valence-electron chi connectivity index (χ0n) is 12.4. The van der Waals surface area contributed by atoms with Crippen LogP contribution in [0.25, 0.3) is 0 Å². The average molecular weight is 293 g/mol. The highest BCUT2D eigenvalue weighted by Gasteiger charge is 2.36. The van der Waals surface area contributed by atoms with Crippen molar-refractivity contribution in [3.63, 3.8) is 0 Å². The van der Waals surface area contributed by atoms with Gasteiger partial charge in [0, 0.05) is 12.7 Å². The Balaban J connectivity index is 2.46. The minimum atomic E-state index is -0.578. The molecule has 0 aromatic heterocycles. The minimum absolute atomic E-state index is 0.00135. The molecule has 1 heterocycles. The lowest BCUT2D eigenvalue weighted by Crippen LogP contribution is -2.51. The highest BCUT2D eigenvalue weighted by Crippen LogP contribution is 2.27. The number of carbonyl (C=O) groups excluding carboxylic acids is 2. The summed E-state index contributed by atoms with van der Waals surface area (Å²) in [5, 5.41) is 5.35. The van der Waals surface area contributed by atoms with E-state index in [2.05, 4.69) is 10.6 Å². The first-order chi connectivity index (χ1) is 9.97. The number of nitrogens with one attached hydrogen (secondary N) is 2. The molecule has 114 valence electrons. The Morgan fingerprint density at radius 1 is 1.57 bits per heavy atom. The summed E-state index contributed by atoms with van der Waals surface area (Å²) in [6.45, 7) is 4.09. The molecule has 2 rings (SSSR count). The van der Waals surface area contributed by atoms with Gasteiger partial charge in [-0.05, 0) is 29.7 Å². The zero-order valence-corrected chi connectivity index (χ0v) is 12.4. The molecule has 0 saturated heterocycles. The Morgan fingerprint density at radius 3 is 2.90 bits per heavy atom. The Kier molecular flexibility index (Phi) is 4.45. The van der Waals surface area contributed by atoms with E-state index in [4.69, 9.17) is 0 Å². The van der Waals surface area contributed by atoms with Crippen molar-refractivity contribution in [1.29, 1.82) is 0 Å². The first-order valence-corrected chi connectivity index (χ1v) is 7.05. The molecule has 1 aliphatic heterocycles. The van der Waals surface area contributed by atoms with Crippen LogP contribution in [0.1, 0.15) is 25.8 Å². The number of fused-ring (bicyclic) bond motifs is 1. The SMILES string of the molecule is CCC(C)C1C(=O)Nc2ccc(F)cc2CN1C(=O)NC. The van der Waals surface area contributed by atoms with Crippen LogP contribution in [0.15, 0.2) is 18.2 Å². The van der Waals surface area contributed by atoms with Gasteiger partial charge in [0.05, 0.1) is 6.54 Å². The van der Waals surface area contributed by atoms with E-state index >= 15 is 0 Å². The van der Waals surface area contributed by atoms with Crippen LogP contribution in [0, 0.1) is 11.7 Å². The van der Waals surface area contributed by atoms with Crippen LogP contribution >= 0.6 is 0 Å². The smallest absolute Gasteiger partial charge is 0.318 e. The van der Waals surface area contributed by atoms with E-state index in [9.17, 15) is 14.0 Å². The summed E-state index contributed by atoms with van der Waals surface area (Å²) in [6, 6.07) is 3.26. The van der Waals surface area contributed by atoms with E-state index in [-0.39, 0.29) is 30.2 Å². The number of anilines is 1. The molecule has 0 bridgehead atoms. The number of carbonyl (C=O) groups is 2. The van der Waals surface area contributed by atoms with Gasteiger partial charge in [0.25, 0.3) is 0 Å². The van der Waals surface area contributed by atoms with Crippen molar-refractivity contribution in [2.45, 2.75) is 32.9 Å². The second kappa shape index (κ2) is 6.11. The molecule has 2 atom stereocenters. The predicted octanol–water partition coefficient (Wildman–Crippen LogP) is 2.33. The molecular formula is C15H20FN3O2. The van der Waals surface area contributed by atoms with Gasteiger partial charge in [-0.3, -0.25) is 4.79 Å². The maximum atomic E-state index is 13.4. The first-order valence-electron chi connectivity index (χ1n) is 7.05. The maximum Gasteiger partial charge on any atom is 0.318 e. The van der Waals surface area contributed by atoms with Crippen LogP contribution in [0.4, 0.5) is 14.9 Å². The van der Waals surface area contributed by atoms with Crippen molar-refractivity contribution >= 4 is 17.6 Å². The number of hydrogen-bond acceptors (Lipinski definition) is 2. The van der Waals surface area contributed by atoms with Crippen molar-refractivity contribution in [3.8, 4) is 0 Å². The maximum absolute atomic E-state index is 13.4. The number of benzene rings is 1. The minimum Gasteiger partial charge on any atom is -0.341 e. The highest BCUT2D eigenvalue weighted by atomic mass is 19.1.